The van der Waals surface area contributed by atoms with Gasteiger partial charge in [-0.3, -0.25) is 4.90 Å². The summed E-state index contributed by atoms with van der Waals surface area (Å²) in [5.41, 5.74) is 6.39. The molecule has 0 radical (unpaired) electrons. The first-order valence-electron chi connectivity index (χ1n) is 9.71. The van der Waals surface area contributed by atoms with Gasteiger partial charge in [-0.15, -0.1) is 24.8 Å². The largest absolute Gasteiger partial charge is 0.317 e. The van der Waals surface area contributed by atoms with E-state index in [9.17, 15) is 0 Å². The van der Waals surface area contributed by atoms with Crippen LogP contribution in [0.2, 0.25) is 0 Å². The number of aromatic nitrogens is 1. The van der Waals surface area contributed by atoms with Gasteiger partial charge < -0.3 is 5.32 Å². The third-order valence-electron chi connectivity index (χ3n) is 6.58. The fraction of sp³-hybridized carbons (Fsp3) is 0.455. The van der Waals surface area contributed by atoms with Gasteiger partial charge in [0.25, 0.3) is 0 Å². The summed E-state index contributed by atoms with van der Waals surface area (Å²) in [6.07, 6.45) is 6.91. The van der Waals surface area contributed by atoms with Crippen LogP contribution < -0.4 is 5.32 Å². The van der Waals surface area contributed by atoms with Gasteiger partial charge in [-0.25, -0.2) is 4.98 Å². The molecule has 1 N–H and O–H groups in total. The van der Waals surface area contributed by atoms with Gasteiger partial charge in [-0.05, 0) is 73.0 Å². The van der Waals surface area contributed by atoms with Crippen LogP contribution in [0.3, 0.4) is 0 Å². The zero-order chi connectivity index (χ0) is 17.6. The number of aryl methyl sites for hydroxylation is 1. The van der Waals surface area contributed by atoms with Crippen molar-refractivity contribution in [2.75, 3.05) is 26.2 Å². The highest BCUT2D eigenvalue weighted by molar-refractivity contribution is 5.85. The minimum absolute atomic E-state index is 0. The molecule has 4 nitrogen and oxygen atoms in total. The van der Waals surface area contributed by atoms with E-state index in [2.05, 4.69) is 39.5 Å². The van der Waals surface area contributed by atoms with E-state index >= 15 is 0 Å². The fourth-order valence-electron chi connectivity index (χ4n) is 5.09. The molecule has 1 aromatic heterocycles. The van der Waals surface area contributed by atoms with E-state index < -0.39 is 0 Å². The standard InChI is InChI=1S/C22H24N4.2ClH/c23-12-19-4-1-18(13-25-19)16-2-5-20-17(11-16)3-6-21(20)26-14-22(15-26)7-9-24-10-8-22;;/h1-2,4-5,11,13,21,24H,3,6-10,14-15H2;2*1H/t21-;;/m1../s1. The minimum atomic E-state index is 0. The molecule has 2 aromatic rings. The van der Waals surface area contributed by atoms with Gasteiger partial charge >= 0.3 is 0 Å². The molecule has 1 aliphatic carbocycles. The molecule has 1 spiro atoms. The molecule has 28 heavy (non-hydrogen) atoms. The normalized spacial score (nSPS) is 22.3. The Labute approximate surface area is 179 Å². The molecular formula is C22H26Cl2N4. The Morgan fingerprint density at radius 3 is 2.50 bits per heavy atom. The lowest BCUT2D eigenvalue weighted by atomic mass is 9.71. The Balaban J connectivity index is 0.00000112. The van der Waals surface area contributed by atoms with Crippen LogP contribution in [0.4, 0.5) is 0 Å². The van der Waals surface area contributed by atoms with Crippen LogP contribution in [0, 0.1) is 16.7 Å². The predicted molar refractivity (Wildman–Crippen MR) is 116 cm³/mol. The Morgan fingerprint density at radius 2 is 1.82 bits per heavy atom. The summed E-state index contributed by atoms with van der Waals surface area (Å²) in [5.74, 6) is 0. The molecule has 2 aliphatic heterocycles. The van der Waals surface area contributed by atoms with Crippen molar-refractivity contribution >= 4 is 24.8 Å². The van der Waals surface area contributed by atoms with Crippen LogP contribution in [0.5, 0.6) is 0 Å². The van der Waals surface area contributed by atoms with E-state index in [0.717, 1.165) is 5.56 Å². The smallest absolute Gasteiger partial charge is 0.140 e. The quantitative estimate of drug-likeness (QED) is 0.798. The van der Waals surface area contributed by atoms with E-state index in [-0.39, 0.29) is 24.8 Å². The molecule has 5 rings (SSSR count). The number of hydrogen-bond acceptors (Lipinski definition) is 4. The van der Waals surface area contributed by atoms with Crippen LogP contribution in [0.1, 0.15) is 42.1 Å². The van der Waals surface area contributed by atoms with Gasteiger partial charge in [0.05, 0.1) is 0 Å². The molecule has 0 saturated carbocycles. The highest BCUT2D eigenvalue weighted by Crippen LogP contribution is 2.47. The van der Waals surface area contributed by atoms with Gasteiger partial charge in [0.15, 0.2) is 0 Å². The summed E-state index contributed by atoms with van der Waals surface area (Å²) in [5, 5.41) is 12.4. The monoisotopic (exact) mass is 416 g/mol. The first-order chi connectivity index (χ1) is 12.8. The van der Waals surface area contributed by atoms with Gasteiger partial charge in [0.1, 0.15) is 11.8 Å². The zero-order valence-electron chi connectivity index (χ0n) is 15.9. The Hall–Kier alpha value is -1.64. The Bertz CT molecular complexity index is 861. The number of benzene rings is 1. The number of pyridine rings is 1. The summed E-state index contributed by atoms with van der Waals surface area (Å²) < 4.78 is 0. The number of fused-ring (bicyclic) bond motifs is 1. The van der Waals surface area contributed by atoms with E-state index in [0.29, 0.717) is 17.2 Å². The summed E-state index contributed by atoms with van der Waals surface area (Å²) in [4.78, 5) is 6.91. The zero-order valence-corrected chi connectivity index (χ0v) is 17.5. The highest BCUT2D eigenvalue weighted by Gasteiger charge is 2.46. The number of nitrogens with zero attached hydrogens (tertiary/aromatic N) is 3. The third-order valence-corrected chi connectivity index (χ3v) is 6.58. The van der Waals surface area contributed by atoms with Crippen molar-refractivity contribution in [2.24, 2.45) is 5.41 Å². The fourth-order valence-corrected chi connectivity index (χ4v) is 5.09. The first kappa shape index (κ1) is 21.1. The second kappa shape index (κ2) is 8.39. The Kier molecular flexibility index (Phi) is 6.31. The second-order valence-corrected chi connectivity index (χ2v) is 8.17. The molecule has 0 unspecified atom stereocenters. The maximum absolute atomic E-state index is 8.91. The number of nitriles is 1. The molecule has 3 aliphatic rings. The van der Waals surface area contributed by atoms with Crippen molar-refractivity contribution in [3.05, 3.63) is 53.3 Å². The number of nitrogens with one attached hydrogen (secondary N) is 1. The topological polar surface area (TPSA) is 52.0 Å². The second-order valence-electron chi connectivity index (χ2n) is 8.17. The van der Waals surface area contributed by atoms with Crippen LogP contribution in [-0.4, -0.2) is 36.1 Å². The number of likely N-dealkylation sites (tertiary alicyclic amines) is 1. The van der Waals surface area contributed by atoms with Crippen LogP contribution in [-0.2, 0) is 6.42 Å². The molecule has 2 saturated heterocycles. The molecule has 3 heterocycles. The average Bonchev–Trinajstić information content (AvgIpc) is 3.09. The van der Waals surface area contributed by atoms with Gasteiger partial charge in [-0.1, -0.05) is 18.2 Å². The molecule has 0 bridgehead atoms. The average molecular weight is 417 g/mol. The molecule has 1 atom stereocenters. The van der Waals surface area contributed by atoms with Gasteiger partial charge in [0, 0.05) is 30.9 Å². The molecule has 2 fully saturated rings. The lowest BCUT2D eigenvalue weighted by Gasteiger charge is -2.55. The number of rotatable bonds is 2. The van der Waals surface area contributed by atoms with E-state index in [1.54, 1.807) is 6.07 Å². The Morgan fingerprint density at radius 1 is 1.07 bits per heavy atom. The lowest BCUT2D eigenvalue weighted by Crippen LogP contribution is -2.60. The van der Waals surface area contributed by atoms with E-state index in [1.807, 2.05) is 12.3 Å². The maximum atomic E-state index is 8.91. The van der Waals surface area contributed by atoms with Crippen molar-refractivity contribution in [3.63, 3.8) is 0 Å². The third kappa shape index (κ3) is 3.65. The first-order valence-corrected chi connectivity index (χ1v) is 9.71. The van der Waals surface area contributed by atoms with Crippen LogP contribution in [0.25, 0.3) is 11.1 Å². The molecular weight excluding hydrogens is 391 g/mol. The summed E-state index contributed by atoms with van der Waals surface area (Å²) in [7, 11) is 0. The van der Waals surface area contributed by atoms with Crippen LogP contribution in [0.15, 0.2) is 36.5 Å². The van der Waals surface area contributed by atoms with E-state index in [4.69, 9.17) is 5.26 Å². The highest BCUT2D eigenvalue weighted by atomic mass is 35.5. The predicted octanol–water partition coefficient (Wildman–Crippen LogP) is 4.14. The summed E-state index contributed by atoms with van der Waals surface area (Å²) in [6.45, 7) is 4.94. The summed E-state index contributed by atoms with van der Waals surface area (Å²) in [6, 6.07) is 13.4. The molecule has 1 aromatic carbocycles. The SMILES string of the molecule is Cl.Cl.N#Cc1ccc(-c2ccc3c(c2)CC[C@H]3N2CC3(CCNCC3)C2)cn1. The number of hydrogen-bond donors (Lipinski definition) is 1. The molecule has 148 valence electrons. The lowest BCUT2D eigenvalue weighted by molar-refractivity contribution is -0.0512. The number of piperidine rings is 1. The molecule has 6 heteroatoms. The molecule has 0 amide bonds. The van der Waals surface area contributed by atoms with Crippen LogP contribution >= 0.6 is 24.8 Å². The number of halogens is 2. The van der Waals surface area contributed by atoms with Gasteiger partial charge in [-0.2, -0.15) is 5.26 Å². The minimum Gasteiger partial charge on any atom is -0.317 e. The van der Waals surface area contributed by atoms with Crippen molar-refractivity contribution in [1.82, 2.24) is 15.2 Å². The van der Waals surface area contributed by atoms with Crippen molar-refractivity contribution < 1.29 is 0 Å². The van der Waals surface area contributed by atoms with Crippen molar-refractivity contribution in [3.8, 4) is 17.2 Å². The maximum Gasteiger partial charge on any atom is 0.140 e. The van der Waals surface area contributed by atoms with E-state index in [1.165, 1.54) is 68.6 Å². The van der Waals surface area contributed by atoms with Crippen molar-refractivity contribution in [1.29, 1.82) is 5.26 Å². The van der Waals surface area contributed by atoms with Crippen molar-refractivity contribution in [2.45, 2.75) is 31.7 Å². The van der Waals surface area contributed by atoms with Gasteiger partial charge in [0.2, 0.25) is 0 Å². The summed E-state index contributed by atoms with van der Waals surface area (Å²) >= 11 is 0.